The van der Waals surface area contributed by atoms with E-state index in [1.165, 1.54) is 24.3 Å². The highest BCUT2D eigenvalue weighted by Gasteiger charge is 2.36. The molecule has 4 nitrogen and oxygen atoms in total. The van der Waals surface area contributed by atoms with Gasteiger partial charge in [-0.1, -0.05) is 28.1 Å². The number of carbonyl (C=O) groups is 2. The number of halogens is 3. The molecule has 25 heavy (non-hydrogen) atoms. The van der Waals surface area contributed by atoms with Crippen molar-refractivity contribution in [3.8, 4) is 0 Å². The Bertz CT molecular complexity index is 862. The molecule has 2 aromatic carbocycles. The average molecular weight is 428 g/mol. The van der Waals surface area contributed by atoms with Crippen molar-refractivity contribution < 1.29 is 23.5 Å². The second kappa shape index (κ2) is 7.13. The Kier molecular flexibility index (Phi) is 5.10. The standard InChI is InChI=1S/C17H12BrF2NO3S/c18-10-5-4-9(12(20)6-10)8-21-16-11(19)2-1-3-13(16)25-14(17(21)24)7-15(22)23/h1-6,14H,7-8H2,(H,22,23). The van der Waals surface area contributed by atoms with Gasteiger partial charge in [0.1, 0.15) is 11.6 Å². The third-order valence-corrected chi connectivity index (χ3v) is 5.46. The van der Waals surface area contributed by atoms with Gasteiger partial charge < -0.3 is 10.0 Å². The molecule has 0 bridgehead atoms. The third-order valence-electron chi connectivity index (χ3n) is 3.73. The van der Waals surface area contributed by atoms with Gasteiger partial charge in [0.2, 0.25) is 5.91 Å². The Hall–Kier alpha value is -1.93. The molecule has 1 unspecified atom stereocenters. The van der Waals surface area contributed by atoms with Gasteiger partial charge in [0.15, 0.2) is 0 Å². The number of aliphatic carboxylic acids is 1. The number of carboxylic acids is 1. The van der Waals surface area contributed by atoms with Crippen molar-refractivity contribution >= 4 is 45.3 Å². The van der Waals surface area contributed by atoms with E-state index in [9.17, 15) is 18.4 Å². The predicted octanol–water partition coefficient (Wildman–Crippen LogP) is 4.21. The summed E-state index contributed by atoms with van der Waals surface area (Å²) in [6, 6.07) is 8.72. The molecule has 1 aliphatic heterocycles. The number of thioether (sulfide) groups is 1. The SMILES string of the molecule is O=C(O)CC1Sc2cccc(F)c2N(Cc2ccc(Br)cc2F)C1=O. The Labute approximate surface area is 155 Å². The Morgan fingerprint density at radius 1 is 1.24 bits per heavy atom. The Balaban J connectivity index is 2.03. The predicted molar refractivity (Wildman–Crippen MR) is 93.6 cm³/mol. The van der Waals surface area contributed by atoms with Crippen molar-refractivity contribution in [2.75, 3.05) is 4.90 Å². The summed E-state index contributed by atoms with van der Waals surface area (Å²) in [6.07, 6.45) is -0.390. The minimum absolute atomic E-state index is 0.0569. The second-order valence-electron chi connectivity index (χ2n) is 5.45. The smallest absolute Gasteiger partial charge is 0.305 e. The van der Waals surface area contributed by atoms with Gasteiger partial charge in [0.25, 0.3) is 0 Å². The lowest BCUT2D eigenvalue weighted by molar-refractivity contribution is -0.138. The van der Waals surface area contributed by atoms with Crippen molar-refractivity contribution in [1.82, 2.24) is 0 Å². The van der Waals surface area contributed by atoms with E-state index in [1.807, 2.05) is 0 Å². The minimum Gasteiger partial charge on any atom is -0.481 e. The monoisotopic (exact) mass is 427 g/mol. The summed E-state index contributed by atoms with van der Waals surface area (Å²) in [5.41, 5.74) is 0.271. The van der Waals surface area contributed by atoms with E-state index in [0.717, 1.165) is 16.7 Å². The molecule has 1 atom stereocenters. The zero-order valence-corrected chi connectivity index (χ0v) is 15.1. The largest absolute Gasteiger partial charge is 0.481 e. The van der Waals surface area contributed by atoms with Crippen LogP contribution < -0.4 is 4.90 Å². The summed E-state index contributed by atoms with van der Waals surface area (Å²) in [5.74, 6) is -2.81. The zero-order valence-electron chi connectivity index (χ0n) is 12.7. The Morgan fingerprint density at radius 2 is 2.00 bits per heavy atom. The van der Waals surface area contributed by atoms with Crippen LogP contribution in [0.4, 0.5) is 14.5 Å². The van der Waals surface area contributed by atoms with Crippen LogP contribution in [-0.4, -0.2) is 22.2 Å². The summed E-state index contributed by atoms with van der Waals surface area (Å²) in [7, 11) is 0. The molecule has 1 heterocycles. The van der Waals surface area contributed by atoms with E-state index >= 15 is 0 Å². The fraction of sp³-hybridized carbons (Fsp3) is 0.176. The van der Waals surface area contributed by atoms with E-state index in [-0.39, 0.29) is 17.8 Å². The average Bonchev–Trinajstić information content (AvgIpc) is 2.53. The van der Waals surface area contributed by atoms with Crippen LogP contribution in [0.15, 0.2) is 45.8 Å². The maximum absolute atomic E-state index is 14.3. The summed E-state index contributed by atoms with van der Waals surface area (Å²) < 4.78 is 29.0. The molecule has 0 radical (unpaired) electrons. The lowest BCUT2D eigenvalue weighted by atomic mass is 10.1. The summed E-state index contributed by atoms with van der Waals surface area (Å²) in [5, 5.41) is 8.13. The van der Waals surface area contributed by atoms with Gasteiger partial charge in [-0.05, 0) is 24.3 Å². The second-order valence-corrected chi connectivity index (χ2v) is 7.61. The normalized spacial score (nSPS) is 16.7. The summed E-state index contributed by atoms with van der Waals surface area (Å²) >= 11 is 4.17. The van der Waals surface area contributed by atoms with E-state index in [1.54, 1.807) is 12.1 Å². The first-order chi connectivity index (χ1) is 11.9. The van der Waals surface area contributed by atoms with Gasteiger partial charge in [0.05, 0.1) is 23.9 Å². The number of anilines is 1. The van der Waals surface area contributed by atoms with Crippen LogP contribution in [0.5, 0.6) is 0 Å². The van der Waals surface area contributed by atoms with Crippen molar-refractivity contribution in [2.24, 2.45) is 0 Å². The highest BCUT2D eigenvalue weighted by molar-refractivity contribution is 9.10. The third kappa shape index (κ3) is 3.69. The van der Waals surface area contributed by atoms with Crippen LogP contribution in [0.2, 0.25) is 0 Å². The number of amides is 1. The van der Waals surface area contributed by atoms with E-state index < -0.39 is 35.2 Å². The minimum atomic E-state index is -1.12. The van der Waals surface area contributed by atoms with Crippen LogP contribution in [0.1, 0.15) is 12.0 Å². The molecule has 0 aromatic heterocycles. The van der Waals surface area contributed by atoms with Crippen molar-refractivity contribution in [3.05, 3.63) is 58.1 Å². The van der Waals surface area contributed by atoms with Gasteiger partial charge in [0, 0.05) is 14.9 Å². The molecule has 0 spiro atoms. The molecule has 0 fully saturated rings. The maximum Gasteiger partial charge on any atom is 0.305 e. The molecule has 0 aliphatic carbocycles. The number of hydrogen-bond acceptors (Lipinski definition) is 3. The molecular weight excluding hydrogens is 416 g/mol. The van der Waals surface area contributed by atoms with Crippen molar-refractivity contribution in [1.29, 1.82) is 0 Å². The molecular formula is C17H12BrF2NO3S. The number of hydrogen-bond donors (Lipinski definition) is 1. The molecule has 130 valence electrons. The molecule has 1 amide bonds. The highest BCUT2D eigenvalue weighted by atomic mass is 79.9. The van der Waals surface area contributed by atoms with Gasteiger partial charge in [-0.2, -0.15) is 0 Å². The molecule has 8 heteroatoms. The van der Waals surface area contributed by atoms with Crippen molar-refractivity contribution in [3.63, 3.8) is 0 Å². The number of fused-ring (bicyclic) bond motifs is 1. The fourth-order valence-corrected chi connectivity index (χ4v) is 4.18. The van der Waals surface area contributed by atoms with Gasteiger partial charge >= 0.3 is 5.97 Å². The molecule has 3 rings (SSSR count). The van der Waals surface area contributed by atoms with E-state index in [2.05, 4.69) is 15.9 Å². The number of para-hydroxylation sites is 1. The lowest BCUT2D eigenvalue weighted by Crippen LogP contribution is -2.42. The lowest BCUT2D eigenvalue weighted by Gasteiger charge is -2.33. The molecule has 2 aromatic rings. The number of rotatable bonds is 4. The first kappa shape index (κ1) is 17.9. The quantitative estimate of drug-likeness (QED) is 0.793. The van der Waals surface area contributed by atoms with Crippen molar-refractivity contribution in [2.45, 2.75) is 23.1 Å². The topological polar surface area (TPSA) is 57.6 Å². The summed E-state index contributed by atoms with van der Waals surface area (Å²) in [6.45, 7) is -0.178. The molecule has 1 aliphatic rings. The zero-order chi connectivity index (χ0) is 18.1. The molecule has 0 saturated carbocycles. The number of carboxylic acid groups (broad SMARTS) is 1. The fourth-order valence-electron chi connectivity index (χ4n) is 2.61. The van der Waals surface area contributed by atoms with Crippen LogP contribution in [0, 0.1) is 11.6 Å². The van der Waals surface area contributed by atoms with Gasteiger partial charge in [-0.25, -0.2) is 8.78 Å². The maximum atomic E-state index is 14.3. The first-order valence-electron chi connectivity index (χ1n) is 7.29. The van der Waals surface area contributed by atoms with Crippen LogP contribution in [0.25, 0.3) is 0 Å². The first-order valence-corrected chi connectivity index (χ1v) is 8.96. The van der Waals surface area contributed by atoms with E-state index in [0.29, 0.717) is 9.37 Å². The summed E-state index contributed by atoms with van der Waals surface area (Å²) in [4.78, 5) is 25.3. The number of carbonyl (C=O) groups excluding carboxylic acids is 1. The van der Waals surface area contributed by atoms with E-state index in [4.69, 9.17) is 5.11 Å². The van der Waals surface area contributed by atoms with Crippen LogP contribution in [0.3, 0.4) is 0 Å². The number of nitrogens with zero attached hydrogens (tertiary/aromatic N) is 1. The van der Waals surface area contributed by atoms with Gasteiger partial charge in [-0.15, -0.1) is 11.8 Å². The Morgan fingerprint density at radius 3 is 2.68 bits per heavy atom. The molecule has 0 saturated heterocycles. The van der Waals surface area contributed by atoms with Crippen LogP contribution in [-0.2, 0) is 16.1 Å². The van der Waals surface area contributed by atoms with Crippen LogP contribution >= 0.6 is 27.7 Å². The highest BCUT2D eigenvalue weighted by Crippen LogP contribution is 2.42. The van der Waals surface area contributed by atoms with Gasteiger partial charge in [-0.3, -0.25) is 9.59 Å². The number of benzene rings is 2. The molecule has 1 N–H and O–H groups in total.